The Morgan fingerprint density at radius 3 is 2.86 bits per heavy atom. The van der Waals surface area contributed by atoms with Crippen LogP contribution in [0.2, 0.25) is 0 Å². The number of hydrazine groups is 1. The van der Waals surface area contributed by atoms with Gasteiger partial charge in [0.2, 0.25) is 11.8 Å². The van der Waals surface area contributed by atoms with Crippen LogP contribution in [-0.4, -0.2) is 48.9 Å². The van der Waals surface area contributed by atoms with E-state index in [0.717, 1.165) is 13.1 Å². The summed E-state index contributed by atoms with van der Waals surface area (Å²) < 4.78 is 0. The Hall–Kier alpha value is -2.26. The van der Waals surface area contributed by atoms with Crippen molar-refractivity contribution >= 4 is 23.2 Å². The number of hydrogen-bond donors (Lipinski definition) is 4. The van der Waals surface area contributed by atoms with Gasteiger partial charge in [0.05, 0.1) is 18.5 Å². The SMILES string of the molecule is O=C(CC1C(=O)NCCN1Cc1cccs1)NCC1CNNC1c1ccccc1. The van der Waals surface area contributed by atoms with Crippen LogP contribution in [0.1, 0.15) is 22.9 Å². The van der Waals surface area contributed by atoms with Crippen molar-refractivity contribution in [1.82, 2.24) is 26.4 Å². The van der Waals surface area contributed by atoms with Crippen LogP contribution in [0.5, 0.6) is 0 Å². The summed E-state index contributed by atoms with van der Waals surface area (Å²) in [6.45, 7) is 3.44. The van der Waals surface area contributed by atoms with E-state index < -0.39 is 6.04 Å². The first-order chi connectivity index (χ1) is 14.2. The zero-order valence-electron chi connectivity index (χ0n) is 16.3. The van der Waals surface area contributed by atoms with Crippen molar-refractivity contribution in [2.24, 2.45) is 5.92 Å². The molecule has 4 N–H and O–H groups in total. The molecule has 1 aromatic carbocycles. The van der Waals surface area contributed by atoms with E-state index in [9.17, 15) is 9.59 Å². The number of thiophene rings is 1. The van der Waals surface area contributed by atoms with E-state index in [1.165, 1.54) is 10.4 Å². The summed E-state index contributed by atoms with van der Waals surface area (Å²) in [5.41, 5.74) is 7.69. The van der Waals surface area contributed by atoms with E-state index in [2.05, 4.69) is 44.6 Å². The van der Waals surface area contributed by atoms with E-state index in [1.807, 2.05) is 29.6 Å². The highest BCUT2D eigenvalue weighted by Crippen LogP contribution is 2.24. The fraction of sp³-hybridized carbons (Fsp3) is 0.429. The average Bonchev–Trinajstić information content (AvgIpc) is 3.41. The van der Waals surface area contributed by atoms with Crippen LogP contribution in [0.15, 0.2) is 47.8 Å². The Morgan fingerprint density at radius 1 is 1.21 bits per heavy atom. The second kappa shape index (κ2) is 9.49. The Kier molecular flexibility index (Phi) is 6.56. The van der Waals surface area contributed by atoms with Crippen LogP contribution < -0.4 is 21.5 Å². The zero-order chi connectivity index (χ0) is 20.1. The summed E-state index contributed by atoms with van der Waals surface area (Å²) in [4.78, 5) is 28.4. The topological polar surface area (TPSA) is 85.5 Å². The predicted molar refractivity (Wildman–Crippen MR) is 113 cm³/mol. The van der Waals surface area contributed by atoms with Gasteiger partial charge in [0.1, 0.15) is 0 Å². The predicted octanol–water partition coefficient (Wildman–Crippen LogP) is 1.02. The second-order valence-corrected chi connectivity index (χ2v) is 8.57. The summed E-state index contributed by atoms with van der Waals surface area (Å²) in [6, 6.07) is 14.0. The number of piperazine rings is 1. The van der Waals surface area contributed by atoms with Crippen molar-refractivity contribution in [3.8, 4) is 0 Å². The number of hydrogen-bond acceptors (Lipinski definition) is 6. The van der Waals surface area contributed by atoms with Crippen LogP contribution in [0.4, 0.5) is 0 Å². The standard InChI is InChI=1S/C21H27N5O2S/c27-19(23-12-16-13-24-25-20(16)15-5-2-1-3-6-15)11-18-21(28)22-8-9-26(18)14-17-7-4-10-29-17/h1-7,10,16,18,20,24-25H,8-9,11-14H2,(H,22,28)(H,23,27). The van der Waals surface area contributed by atoms with Crippen molar-refractivity contribution in [3.63, 3.8) is 0 Å². The molecule has 0 bridgehead atoms. The van der Waals surface area contributed by atoms with Gasteiger partial charge < -0.3 is 10.6 Å². The van der Waals surface area contributed by atoms with Crippen molar-refractivity contribution in [2.75, 3.05) is 26.2 Å². The van der Waals surface area contributed by atoms with Gasteiger partial charge in [-0.2, -0.15) is 0 Å². The number of rotatable bonds is 7. The molecule has 154 valence electrons. The molecule has 7 nitrogen and oxygen atoms in total. The molecule has 3 atom stereocenters. The molecule has 2 aliphatic rings. The number of nitrogens with one attached hydrogen (secondary N) is 4. The summed E-state index contributed by atoms with van der Waals surface area (Å²) in [6.07, 6.45) is 0.181. The van der Waals surface area contributed by atoms with Crippen molar-refractivity contribution < 1.29 is 9.59 Å². The van der Waals surface area contributed by atoms with E-state index in [4.69, 9.17) is 0 Å². The smallest absolute Gasteiger partial charge is 0.237 e. The van der Waals surface area contributed by atoms with Crippen LogP contribution in [-0.2, 0) is 16.1 Å². The molecular weight excluding hydrogens is 386 g/mol. The highest BCUT2D eigenvalue weighted by Gasteiger charge is 2.33. The second-order valence-electron chi connectivity index (χ2n) is 7.54. The lowest BCUT2D eigenvalue weighted by Crippen LogP contribution is -2.56. The fourth-order valence-corrected chi connectivity index (χ4v) is 4.74. The van der Waals surface area contributed by atoms with Gasteiger partial charge in [-0.1, -0.05) is 36.4 Å². The minimum absolute atomic E-state index is 0.0608. The number of nitrogens with zero attached hydrogens (tertiary/aromatic N) is 1. The molecule has 4 rings (SSSR count). The Bertz CT molecular complexity index is 814. The number of benzene rings is 1. The van der Waals surface area contributed by atoms with Crippen molar-refractivity contribution in [3.05, 3.63) is 58.3 Å². The Morgan fingerprint density at radius 2 is 2.07 bits per heavy atom. The number of carbonyl (C=O) groups is 2. The van der Waals surface area contributed by atoms with Gasteiger partial charge in [-0.25, -0.2) is 5.43 Å². The maximum absolute atomic E-state index is 12.6. The molecule has 0 aliphatic carbocycles. The number of carbonyl (C=O) groups excluding carboxylic acids is 2. The van der Waals surface area contributed by atoms with Gasteiger partial charge >= 0.3 is 0 Å². The summed E-state index contributed by atoms with van der Waals surface area (Å²) in [5.74, 6) is 0.111. The van der Waals surface area contributed by atoms with Gasteiger partial charge in [-0.3, -0.25) is 19.9 Å². The largest absolute Gasteiger partial charge is 0.356 e. The van der Waals surface area contributed by atoms with Crippen molar-refractivity contribution in [1.29, 1.82) is 0 Å². The molecule has 0 radical (unpaired) electrons. The van der Waals surface area contributed by atoms with Gasteiger partial charge in [0, 0.05) is 43.5 Å². The average molecular weight is 414 g/mol. The Labute approximate surface area is 174 Å². The van der Waals surface area contributed by atoms with Crippen molar-refractivity contribution in [2.45, 2.75) is 25.0 Å². The highest BCUT2D eigenvalue weighted by molar-refractivity contribution is 7.09. The van der Waals surface area contributed by atoms with Gasteiger partial charge in [-0.15, -0.1) is 11.3 Å². The molecule has 3 unspecified atom stereocenters. The molecule has 29 heavy (non-hydrogen) atoms. The summed E-state index contributed by atoms with van der Waals surface area (Å²) in [5, 5.41) is 7.98. The van der Waals surface area contributed by atoms with Crippen LogP contribution in [0.25, 0.3) is 0 Å². The summed E-state index contributed by atoms with van der Waals surface area (Å²) >= 11 is 1.68. The van der Waals surface area contributed by atoms with Gasteiger partial charge in [0.25, 0.3) is 0 Å². The van der Waals surface area contributed by atoms with E-state index in [1.54, 1.807) is 11.3 Å². The molecule has 2 aromatic rings. The third kappa shape index (κ3) is 5.02. The first-order valence-corrected chi connectivity index (χ1v) is 10.9. The molecule has 2 amide bonds. The van der Waals surface area contributed by atoms with Gasteiger partial charge in [0.15, 0.2) is 0 Å². The maximum atomic E-state index is 12.6. The third-order valence-corrected chi connectivity index (χ3v) is 6.43. The summed E-state index contributed by atoms with van der Waals surface area (Å²) in [7, 11) is 0. The normalized spacial score (nSPS) is 25.0. The van der Waals surface area contributed by atoms with E-state index in [-0.39, 0.29) is 30.2 Å². The zero-order valence-corrected chi connectivity index (χ0v) is 17.1. The molecule has 3 heterocycles. The lowest BCUT2D eigenvalue weighted by molar-refractivity contribution is -0.134. The molecule has 2 aliphatic heterocycles. The molecule has 8 heteroatoms. The third-order valence-electron chi connectivity index (χ3n) is 5.57. The monoisotopic (exact) mass is 413 g/mol. The quantitative estimate of drug-likeness (QED) is 0.545. The van der Waals surface area contributed by atoms with Crippen LogP contribution in [0.3, 0.4) is 0 Å². The molecule has 1 aromatic heterocycles. The number of amides is 2. The molecule has 2 saturated heterocycles. The lowest BCUT2D eigenvalue weighted by atomic mass is 9.95. The van der Waals surface area contributed by atoms with Gasteiger partial charge in [-0.05, 0) is 17.0 Å². The van der Waals surface area contributed by atoms with Crippen LogP contribution in [0, 0.1) is 5.92 Å². The molecule has 2 fully saturated rings. The maximum Gasteiger partial charge on any atom is 0.237 e. The fourth-order valence-electron chi connectivity index (χ4n) is 4.01. The minimum Gasteiger partial charge on any atom is -0.356 e. The Balaban J connectivity index is 1.32. The highest BCUT2D eigenvalue weighted by atomic mass is 32.1. The lowest BCUT2D eigenvalue weighted by Gasteiger charge is -2.34. The first-order valence-electron chi connectivity index (χ1n) is 10.0. The first kappa shape index (κ1) is 20.0. The van der Waals surface area contributed by atoms with E-state index in [0.29, 0.717) is 19.6 Å². The van der Waals surface area contributed by atoms with Crippen LogP contribution >= 0.6 is 11.3 Å². The molecule has 0 spiro atoms. The minimum atomic E-state index is -0.421. The van der Waals surface area contributed by atoms with E-state index >= 15 is 0 Å². The molecule has 0 saturated carbocycles. The molecular formula is C21H27N5O2S.